The first-order valence-electron chi connectivity index (χ1n) is 8.52. The van der Waals surface area contributed by atoms with Crippen molar-refractivity contribution in [2.24, 2.45) is 0 Å². The summed E-state index contributed by atoms with van der Waals surface area (Å²) in [7, 11) is 0. The molecular formula is C18H22N4O4. The Morgan fingerprint density at radius 3 is 2.50 bits per heavy atom. The molecule has 2 N–H and O–H groups in total. The van der Waals surface area contributed by atoms with Gasteiger partial charge < -0.3 is 15.2 Å². The van der Waals surface area contributed by atoms with Gasteiger partial charge in [-0.1, -0.05) is 22.9 Å². The van der Waals surface area contributed by atoms with E-state index in [0.717, 1.165) is 11.3 Å². The van der Waals surface area contributed by atoms with Gasteiger partial charge in [0.2, 0.25) is 0 Å². The van der Waals surface area contributed by atoms with Gasteiger partial charge in [-0.2, -0.15) is 0 Å². The highest BCUT2D eigenvalue weighted by Gasteiger charge is 2.37. The summed E-state index contributed by atoms with van der Waals surface area (Å²) in [5.41, 5.74) is 1.91. The number of aromatic nitrogens is 3. The molecule has 1 fully saturated rings. The van der Waals surface area contributed by atoms with E-state index in [1.54, 1.807) is 11.6 Å². The van der Waals surface area contributed by atoms with Gasteiger partial charge in [0.05, 0.1) is 23.3 Å². The van der Waals surface area contributed by atoms with Crippen molar-refractivity contribution < 1.29 is 19.4 Å². The quantitative estimate of drug-likeness (QED) is 0.841. The Morgan fingerprint density at radius 1 is 1.23 bits per heavy atom. The van der Waals surface area contributed by atoms with Crippen LogP contribution in [-0.4, -0.2) is 50.7 Å². The number of amides is 1. The van der Waals surface area contributed by atoms with Crippen molar-refractivity contribution in [3.8, 4) is 5.69 Å². The summed E-state index contributed by atoms with van der Waals surface area (Å²) >= 11 is 0. The predicted molar refractivity (Wildman–Crippen MR) is 93.3 cm³/mol. The second-order valence-electron chi connectivity index (χ2n) is 6.69. The van der Waals surface area contributed by atoms with Crippen LogP contribution < -0.4 is 5.32 Å². The van der Waals surface area contributed by atoms with Crippen molar-refractivity contribution in [2.75, 3.05) is 13.2 Å². The van der Waals surface area contributed by atoms with Crippen LogP contribution >= 0.6 is 0 Å². The SMILES string of the molecule is Cc1ccc(-n2nnc(C(=O)NC3(CC(=O)O)CCOCC3)c2C)cc1. The van der Waals surface area contributed by atoms with E-state index in [0.29, 0.717) is 31.7 Å². The number of benzene rings is 1. The molecule has 1 saturated heterocycles. The highest BCUT2D eigenvalue weighted by Crippen LogP contribution is 2.25. The van der Waals surface area contributed by atoms with Gasteiger partial charge in [-0.25, -0.2) is 4.68 Å². The van der Waals surface area contributed by atoms with Crippen molar-refractivity contribution in [1.29, 1.82) is 0 Å². The van der Waals surface area contributed by atoms with Gasteiger partial charge in [0, 0.05) is 13.2 Å². The minimum absolute atomic E-state index is 0.146. The molecule has 2 heterocycles. The summed E-state index contributed by atoms with van der Waals surface area (Å²) in [5, 5.41) is 20.2. The van der Waals surface area contributed by atoms with Gasteiger partial charge in [0.1, 0.15) is 0 Å². The Bertz CT molecular complexity index is 807. The molecular weight excluding hydrogens is 336 g/mol. The molecule has 0 aliphatic carbocycles. The average Bonchev–Trinajstić information content (AvgIpc) is 2.97. The highest BCUT2D eigenvalue weighted by atomic mass is 16.5. The Balaban J connectivity index is 1.83. The Hall–Kier alpha value is -2.74. The zero-order valence-corrected chi connectivity index (χ0v) is 14.9. The third-order valence-electron chi connectivity index (χ3n) is 4.71. The first-order chi connectivity index (χ1) is 12.4. The van der Waals surface area contributed by atoms with Gasteiger partial charge in [-0.15, -0.1) is 5.10 Å². The molecule has 1 aromatic heterocycles. The van der Waals surface area contributed by atoms with Gasteiger partial charge in [0.15, 0.2) is 5.69 Å². The molecule has 1 amide bonds. The maximum Gasteiger partial charge on any atom is 0.305 e. The number of nitrogens with one attached hydrogen (secondary N) is 1. The second-order valence-corrected chi connectivity index (χ2v) is 6.69. The number of aliphatic carboxylic acids is 1. The average molecular weight is 358 g/mol. The van der Waals surface area contributed by atoms with Crippen LogP contribution in [0.1, 0.15) is 41.0 Å². The van der Waals surface area contributed by atoms with Gasteiger partial charge in [0.25, 0.3) is 5.91 Å². The first kappa shape index (κ1) is 18.1. The number of hydrogen-bond acceptors (Lipinski definition) is 5. The number of nitrogens with zero attached hydrogens (tertiary/aromatic N) is 3. The molecule has 2 aromatic rings. The van der Waals surface area contributed by atoms with E-state index < -0.39 is 17.4 Å². The number of carboxylic acids is 1. The molecule has 1 aliphatic rings. The van der Waals surface area contributed by atoms with Crippen molar-refractivity contribution in [1.82, 2.24) is 20.3 Å². The summed E-state index contributed by atoms with van der Waals surface area (Å²) in [6.07, 6.45) is 0.764. The largest absolute Gasteiger partial charge is 0.481 e. The highest BCUT2D eigenvalue weighted by molar-refractivity contribution is 5.94. The van der Waals surface area contributed by atoms with Gasteiger partial charge in [-0.3, -0.25) is 9.59 Å². The van der Waals surface area contributed by atoms with E-state index in [-0.39, 0.29) is 12.1 Å². The molecule has 0 atom stereocenters. The fourth-order valence-corrected chi connectivity index (χ4v) is 3.17. The fourth-order valence-electron chi connectivity index (χ4n) is 3.17. The lowest BCUT2D eigenvalue weighted by Crippen LogP contribution is -2.53. The number of hydrogen-bond donors (Lipinski definition) is 2. The summed E-state index contributed by atoms with van der Waals surface area (Å²) in [6.45, 7) is 4.60. The smallest absolute Gasteiger partial charge is 0.305 e. The van der Waals surface area contributed by atoms with E-state index in [4.69, 9.17) is 4.74 Å². The van der Waals surface area contributed by atoms with Gasteiger partial charge in [-0.05, 0) is 38.8 Å². The standard InChI is InChI=1S/C18H22N4O4/c1-12-3-5-14(6-4-12)22-13(2)16(20-21-22)17(25)19-18(11-15(23)24)7-9-26-10-8-18/h3-6H,7-11H2,1-2H3,(H,19,25)(H,23,24). The number of aryl methyl sites for hydroxylation is 1. The fraction of sp³-hybridized carbons (Fsp3) is 0.444. The molecule has 1 aliphatic heterocycles. The van der Waals surface area contributed by atoms with Crippen LogP contribution in [-0.2, 0) is 9.53 Å². The number of ether oxygens (including phenoxy) is 1. The van der Waals surface area contributed by atoms with Crippen molar-refractivity contribution in [3.05, 3.63) is 41.2 Å². The lowest BCUT2D eigenvalue weighted by Gasteiger charge is -2.36. The Morgan fingerprint density at radius 2 is 1.88 bits per heavy atom. The molecule has 0 spiro atoms. The number of carboxylic acid groups (broad SMARTS) is 1. The second kappa shape index (κ2) is 7.25. The van der Waals surface area contributed by atoms with Crippen LogP contribution in [0.25, 0.3) is 5.69 Å². The molecule has 0 unspecified atom stereocenters. The molecule has 3 rings (SSSR count). The van der Waals surface area contributed by atoms with Crippen LogP contribution in [0.4, 0.5) is 0 Å². The number of carbonyl (C=O) groups is 2. The molecule has 8 heteroatoms. The van der Waals surface area contributed by atoms with Crippen molar-refractivity contribution >= 4 is 11.9 Å². The van der Waals surface area contributed by atoms with Crippen LogP contribution in [0.2, 0.25) is 0 Å². The van der Waals surface area contributed by atoms with E-state index >= 15 is 0 Å². The summed E-state index contributed by atoms with van der Waals surface area (Å²) in [5.74, 6) is -1.36. The first-order valence-corrected chi connectivity index (χ1v) is 8.52. The van der Waals surface area contributed by atoms with Gasteiger partial charge >= 0.3 is 5.97 Å². The zero-order valence-electron chi connectivity index (χ0n) is 14.9. The minimum atomic E-state index is -0.952. The molecule has 0 radical (unpaired) electrons. The van der Waals surface area contributed by atoms with E-state index in [1.165, 1.54) is 0 Å². The lowest BCUT2D eigenvalue weighted by atomic mass is 9.86. The third kappa shape index (κ3) is 3.75. The zero-order chi connectivity index (χ0) is 18.7. The Labute approximate surface area is 151 Å². The molecule has 138 valence electrons. The van der Waals surface area contributed by atoms with Crippen molar-refractivity contribution in [2.45, 2.75) is 38.6 Å². The van der Waals surface area contributed by atoms with E-state index in [1.807, 2.05) is 31.2 Å². The molecule has 0 saturated carbocycles. The minimum Gasteiger partial charge on any atom is -0.481 e. The maximum atomic E-state index is 12.8. The van der Waals surface area contributed by atoms with E-state index in [2.05, 4.69) is 15.6 Å². The Kier molecular flexibility index (Phi) is 5.03. The van der Waals surface area contributed by atoms with E-state index in [9.17, 15) is 14.7 Å². The maximum absolute atomic E-state index is 12.8. The summed E-state index contributed by atoms with van der Waals surface area (Å²) in [6, 6.07) is 7.73. The number of carbonyl (C=O) groups excluding carboxylic acids is 1. The third-order valence-corrected chi connectivity index (χ3v) is 4.71. The van der Waals surface area contributed by atoms with Crippen LogP contribution in [0.15, 0.2) is 24.3 Å². The van der Waals surface area contributed by atoms with Crippen LogP contribution in [0.3, 0.4) is 0 Å². The molecule has 8 nitrogen and oxygen atoms in total. The van der Waals surface area contributed by atoms with Crippen molar-refractivity contribution in [3.63, 3.8) is 0 Å². The monoisotopic (exact) mass is 358 g/mol. The normalized spacial score (nSPS) is 16.2. The molecule has 1 aromatic carbocycles. The summed E-state index contributed by atoms with van der Waals surface area (Å²) in [4.78, 5) is 24.0. The topological polar surface area (TPSA) is 106 Å². The number of rotatable bonds is 5. The lowest BCUT2D eigenvalue weighted by molar-refractivity contribution is -0.139. The predicted octanol–water partition coefficient (Wildman–Crippen LogP) is 1.64. The molecule has 26 heavy (non-hydrogen) atoms. The van der Waals surface area contributed by atoms with Crippen LogP contribution in [0.5, 0.6) is 0 Å². The summed E-state index contributed by atoms with van der Waals surface area (Å²) < 4.78 is 6.91. The molecule has 0 bridgehead atoms. The van der Waals surface area contributed by atoms with Crippen LogP contribution in [0, 0.1) is 13.8 Å².